The third-order valence-corrected chi connectivity index (χ3v) is 3.60. The summed E-state index contributed by atoms with van der Waals surface area (Å²) in [5.41, 5.74) is 0.718. The molecule has 7 nitrogen and oxygen atoms in total. The number of aromatic carboxylic acids is 1. The molecule has 0 saturated carbocycles. The molecule has 1 amide bonds. The number of carboxylic acids is 1. The maximum absolute atomic E-state index is 12.1. The van der Waals surface area contributed by atoms with Gasteiger partial charge >= 0.3 is 5.97 Å². The van der Waals surface area contributed by atoms with Crippen molar-refractivity contribution in [3.8, 4) is 5.75 Å². The standard InChI is InChI=1S/C19H17NO6/c21-12-26-17-8-4-1-5-13(17)11-14(22)9-10-18(23)20-16-7-3-2-6-15(16)19(24)25/h1-8,12H,9-11H2,(H,20,23)(H,24,25). The van der Waals surface area contributed by atoms with Gasteiger partial charge in [0.2, 0.25) is 5.91 Å². The Morgan fingerprint density at radius 1 is 1.00 bits per heavy atom. The van der Waals surface area contributed by atoms with Gasteiger partial charge in [-0.25, -0.2) is 4.79 Å². The highest BCUT2D eigenvalue weighted by Crippen LogP contribution is 2.19. The summed E-state index contributed by atoms with van der Waals surface area (Å²) in [6.07, 6.45) is -0.0665. The second kappa shape index (κ2) is 9.12. The third kappa shape index (κ3) is 5.27. The van der Waals surface area contributed by atoms with Crippen LogP contribution in [0.5, 0.6) is 5.75 Å². The molecule has 0 spiro atoms. The minimum Gasteiger partial charge on any atom is -0.478 e. The molecular formula is C19H17NO6. The molecule has 0 aliphatic rings. The maximum atomic E-state index is 12.1. The van der Waals surface area contributed by atoms with Gasteiger partial charge in [-0.1, -0.05) is 30.3 Å². The summed E-state index contributed by atoms with van der Waals surface area (Å²) in [4.78, 5) is 45.7. The number of carboxylic acid groups (broad SMARTS) is 1. The fourth-order valence-electron chi connectivity index (χ4n) is 2.36. The lowest BCUT2D eigenvalue weighted by Gasteiger charge is -2.09. The fourth-order valence-corrected chi connectivity index (χ4v) is 2.36. The second-order valence-corrected chi connectivity index (χ2v) is 5.44. The van der Waals surface area contributed by atoms with Crippen LogP contribution in [0.15, 0.2) is 48.5 Å². The van der Waals surface area contributed by atoms with Crippen molar-refractivity contribution in [2.75, 3.05) is 5.32 Å². The molecular weight excluding hydrogens is 338 g/mol. The number of Topliss-reactive ketones (excluding diaryl/α,β-unsaturated/α-hetero) is 1. The number of para-hydroxylation sites is 2. The predicted octanol–water partition coefficient (Wildman–Crippen LogP) is 2.45. The van der Waals surface area contributed by atoms with Gasteiger partial charge in [0.1, 0.15) is 11.5 Å². The number of amides is 1. The van der Waals surface area contributed by atoms with Crippen molar-refractivity contribution in [2.45, 2.75) is 19.3 Å². The summed E-state index contributed by atoms with van der Waals surface area (Å²) in [5.74, 6) is -1.50. The molecule has 0 unspecified atom stereocenters. The van der Waals surface area contributed by atoms with E-state index in [0.717, 1.165) is 0 Å². The zero-order chi connectivity index (χ0) is 18.9. The molecule has 0 aliphatic heterocycles. The molecule has 0 saturated heterocycles. The van der Waals surface area contributed by atoms with Crippen LogP contribution in [0.1, 0.15) is 28.8 Å². The van der Waals surface area contributed by atoms with Crippen LogP contribution in [0.3, 0.4) is 0 Å². The van der Waals surface area contributed by atoms with Crippen molar-refractivity contribution < 1.29 is 29.0 Å². The largest absolute Gasteiger partial charge is 0.478 e. The number of nitrogens with one attached hydrogen (secondary N) is 1. The van der Waals surface area contributed by atoms with Crippen molar-refractivity contribution in [1.82, 2.24) is 0 Å². The summed E-state index contributed by atoms with van der Waals surface area (Å²) in [6.45, 7) is 0.288. The highest BCUT2D eigenvalue weighted by atomic mass is 16.5. The van der Waals surface area contributed by atoms with E-state index < -0.39 is 11.9 Å². The second-order valence-electron chi connectivity index (χ2n) is 5.44. The first-order chi connectivity index (χ1) is 12.5. The van der Waals surface area contributed by atoms with Crippen LogP contribution in [-0.2, 0) is 20.8 Å². The topological polar surface area (TPSA) is 110 Å². The van der Waals surface area contributed by atoms with E-state index in [1.54, 1.807) is 36.4 Å². The minimum atomic E-state index is -1.15. The molecule has 0 aromatic heterocycles. The number of hydrogen-bond donors (Lipinski definition) is 2. The van der Waals surface area contributed by atoms with Crippen LogP contribution < -0.4 is 10.1 Å². The zero-order valence-corrected chi connectivity index (χ0v) is 13.8. The Kier molecular flexibility index (Phi) is 6.61. The van der Waals surface area contributed by atoms with E-state index in [0.29, 0.717) is 11.3 Å². The van der Waals surface area contributed by atoms with Gasteiger partial charge in [-0.05, 0) is 18.2 Å². The van der Waals surface area contributed by atoms with Crippen LogP contribution in [0, 0.1) is 0 Å². The molecule has 2 rings (SSSR count). The Labute approximate surface area is 149 Å². The Hall–Kier alpha value is -3.48. The van der Waals surface area contributed by atoms with E-state index in [1.807, 2.05) is 0 Å². The molecule has 0 fully saturated rings. The van der Waals surface area contributed by atoms with Gasteiger partial charge in [0.25, 0.3) is 6.47 Å². The Balaban J connectivity index is 1.91. The molecule has 2 aromatic carbocycles. The van der Waals surface area contributed by atoms with Crippen molar-refractivity contribution in [3.05, 3.63) is 59.7 Å². The summed E-state index contributed by atoms with van der Waals surface area (Å²) in [6, 6.07) is 12.7. The van der Waals surface area contributed by atoms with Crippen molar-refractivity contribution in [1.29, 1.82) is 0 Å². The lowest BCUT2D eigenvalue weighted by molar-refractivity contribution is -0.122. The van der Waals surface area contributed by atoms with Crippen LogP contribution in [0.2, 0.25) is 0 Å². The Morgan fingerprint density at radius 3 is 2.42 bits per heavy atom. The Bertz CT molecular complexity index is 830. The number of anilines is 1. The highest BCUT2D eigenvalue weighted by Gasteiger charge is 2.14. The SMILES string of the molecule is O=COc1ccccc1CC(=O)CCC(=O)Nc1ccccc1C(=O)O. The average molecular weight is 355 g/mol. The molecule has 2 aromatic rings. The van der Waals surface area contributed by atoms with E-state index in [1.165, 1.54) is 12.1 Å². The third-order valence-electron chi connectivity index (χ3n) is 3.60. The van der Waals surface area contributed by atoms with Gasteiger partial charge in [0.05, 0.1) is 11.3 Å². The number of ketones is 1. The number of hydrogen-bond acceptors (Lipinski definition) is 5. The van der Waals surface area contributed by atoms with Gasteiger partial charge in [-0.2, -0.15) is 0 Å². The van der Waals surface area contributed by atoms with E-state index in [9.17, 15) is 19.2 Å². The quantitative estimate of drug-likeness (QED) is 0.669. The molecule has 134 valence electrons. The van der Waals surface area contributed by atoms with Gasteiger partial charge in [-0.15, -0.1) is 0 Å². The predicted molar refractivity (Wildman–Crippen MR) is 93.1 cm³/mol. The number of carbonyl (C=O) groups excluding carboxylic acids is 3. The molecule has 0 bridgehead atoms. The van der Waals surface area contributed by atoms with Gasteiger partial charge in [0.15, 0.2) is 0 Å². The molecule has 0 atom stereocenters. The summed E-state index contributed by atoms with van der Waals surface area (Å²) in [5, 5.41) is 11.6. The van der Waals surface area contributed by atoms with Crippen LogP contribution in [0.25, 0.3) is 0 Å². The van der Waals surface area contributed by atoms with E-state index in [4.69, 9.17) is 9.84 Å². The van der Waals surface area contributed by atoms with Crippen molar-refractivity contribution >= 4 is 29.8 Å². The number of carbonyl (C=O) groups is 4. The first kappa shape index (κ1) is 18.9. The number of rotatable bonds is 9. The molecule has 26 heavy (non-hydrogen) atoms. The van der Waals surface area contributed by atoms with E-state index in [-0.39, 0.29) is 42.8 Å². The smallest absolute Gasteiger partial charge is 0.337 e. The molecule has 7 heteroatoms. The van der Waals surface area contributed by atoms with E-state index in [2.05, 4.69) is 5.32 Å². The average Bonchev–Trinajstić information content (AvgIpc) is 2.62. The molecule has 0 radical (unpaired) electrons. The molecule has 2 N–H and O–H groups in total. The first-order valence-corrected chi connectivity index (χ1v) is 7.83. The lowest BCUT2D eigenvalue weighted by atomic mass is 10.0. The lowest BCUT2D eigenvalue weighted by Crippen LogP contribution is -2.16. The minimum absolute atomic E-state index is 0.0174. The molecule has 0 heterocycles. The first-order valence-electron chi connectivity index (χ1n) is 7.83. The molecule has 0 aliphatic carbocycles. The van der Waals surface area contributed by atoms with E-state index >= 15 is 0 Å². The summed E-state index contributed by atoms with van der Waals surface area (Å²) >= 11 is 0. The van der Waals surface area contributed by atoms with Crippen molar-refractivity contribution in [2.24, 2.45) is 0 Å². The van der Waals surface area contributed by atoms with Crippen LogP contribution in [-0.4, -0.2) is 29.2 Å². The number of ether oxygens (including phenoxy) is 1. The van der Waals surface area contributed by atoms with Crippen LogP contribution in [0.4, 0.5) is 5.69 Å². The van der Waals surface area contributed by atoms with Gasteiger partial charge in [-0.3, -0.25) is 14.4 Å². The van der Waals surface area contributed by atoms with Gasteiger partial charge in [0, 0.05) is 24.8 Å². The fraction of sp³-hybridized carbons (Fsp3) is 0.158. The Morgan fingerprint density at radius 2 is 1.69 bits per heavy atom. The van der Waals surface area contributed by atoms with Crippen molar-refractivity contribution in [3.63, 3.8) is 0 Å². The zero-order valence-electron chi connectivity index (χ0n) is 13.8. The van der Waals surface area contributed by atoms with Gasteiger partial charge < -0.3 is 15.2 Å². The highest BCUT2D eigenvalue weighted by molar-refractivity contribution is 6.01. The van der Waals surface area contributed by atoms with Crippen LogP contribution >= 0.6 is 0 Å². The summed E-state index contributed by atoms with van der Waals surface area (Å²) in [7, 11) is 0. The summed E-state index contributed by atoms with van der Waals surface area (Å²) < 4.78 is 4.81. The normalized spacial score (nSPS) is 10.0. The monoisotopic (exact) mass is 355 g/mol. The maximum Gasteiger partial charge on any atom is 0.337 e. The number of benzene rings is 2.